The van der Waals surface area contributed by atoms with Gasteiger partial charge in [-0.25, -0.2) is 0 Å². The van der Waals surface area contributed by atoms with Gasteiger partial charge in [0.2, 0.25) is 0 Å². The molecular formula is C23H25N3O3S. The fraction of sp³-hybridized carbons (Fsp3) is 0.348. The molecule has 3 aromatic rings. The van der Waals surface area contributed by atoms with Gasteiger partial charge >= 0.3 is 0 Å². The van der Waals surface area contributed by atoms with Crippen molar-refractivity contribution in [1.82, 2.24) is 15.1 Å². The molecule has 1 saturated heterocycles. The number of benzene rings is 2. The van der Waals surface area contributed by atoms with Gasteiger partial charge in [0, 0.05) is 19.0 Å². The number of rotatable bonds is 6. The zero-order chi connectivity index (χ0) is 20.9. The third-order valence-corrected chi connectivity index (χ3v) is 6.45. The van der Waals surface area contributed by atoms with Gasteiger partial charge in [0.15, 0.2) is 11.6 Å². The minimum absolute atomic E-state index is 0.0296. The summed E-state index contributed by atoms with van der Waals surface area (Å²) in [5, 5.41) is 10.7. The first-order valence-corrected chi connectivity index (χ1v) is 10.9. The summed E-state index contributed by atoms with van der Waals surface area (Å²) in [6, 6.07) is 15.6. The molecule has 0 bridgehead atoms. The molecule has 1 amide bonds. The number of hydrogen-bond donors (Lipinski definition) is 0. The highest BCUT2D eigenvalue weighted by atomic mass is 32.1. The quantitative estimate of drug-likeness (QED) is 0.591. The molecule has 1 aromatic heterocycles. The molecule has 2 heterocycles. The van der Waals surface area contributed by atoms with Crippen LogP contribution in [0.2, 0.25) is 0 Å². The van der Waals surface area contributed by atoms with Crippen LogP contribution in [0.5, 0.6) is 11.5 Å². The monoisotopic (exact) mass is 423 g/mol. The molecule has 0 radical (unpaired) electrons. The summed E-state index contributed by atoms with van der Waals surface area (Å²) in [4.78, 5) is 14.4. The maximum absolute atomic E-state index is 12.5. The highest BCUT2D eigenvalue weighted by Crippen LogP contribution is 2.36. The summed E-state index contributed by atoms with van der Waals surface area (Å²) in [7, 11) is 1.66. The van der Waals surface area contributed by atoms with Crippen LogP contribution in [0.3, 0.4) is 0 Å². The summed E-state index contributed by atoms with van der Waals surface area (Å²) in [6.45, 7) is 3.51. The second kappa shape index (κ2) is 9.26. The number of methoxy groups -OCH3 is 1. The van der Waals surface area contributed by atoms with E-state index in [1.54, 1.807) is 18.4 Å². The molecule has 156 valence electrons. The van der Waals surface area contributed by atoms with Gasteiger partial charge in [-0.05, 0) is 49.6 Å². The Bertz CT molecular complexity index is 1010. The van der Waals surface area contributed by atoms with Crippen LogP contribution in [-0.2, 0) is 4.79 Å². The molecule has 0 unspecified atom stereocenters. The number of piperidine rings is 1. The standard InChI is InChI=1S/C23H25N3O3S/c1-16-6-5-7-18(14-16)29-15-21(27)26-12-10-17(11-13-26)22-24-25-23(30-22)19-8-3-4-9-20(19)28-2/h3-9,14,17H,10-13,15H2,1-2H3. The summed E-state index contributed by atoms with van der Waals surface area (Å²) in [5.41, 5.74) is 2.08. The minimum Gasteiger partial charge on any atom is -0.496 e. The molecule has 30 heavy (non-hydrogen) atoms. The molecule has 0 saturated carbocycles. The van der Waals surface area contributed by atoms with Crippen molar-refractivity contribution in [2.75, 3.05) is 26.8 Å². The highest BCUT2D eigenvalue weighted by Gasteiger charge is 2.27. The van der Waals surface area contributed by atoms with E-state index in [-0.39, 0.29) is 12.5 Å². The second-order valence-electron chi connectivity index (χ2n) is 7.41. The molecule has 0 N–H and O–H groups in total. The summed E-state index contributed by atoms with van der Waals surface area (Å²) in [6.07, 6.45) is 1.77. The number of ether oxygens (including phenoxy) is 2. The maximum atomic E-state index is 12.5. The van der Waals surface area contributed by atoms with E-state index in [9.17, 15) is 4.79 Å². The van der Waals surface area contributed by atoms with E-state index in [1.165, 1.54) is 0 Å². The van der Waals surface area contributed by atoms with Crippen molar-refractivity contribution in [3.8, 4) is 22.1 Å². The summed E-state index contributed by atoms with van der Waals surface area (Å²) < 4.78 is 11.1. The van der Waals surface area contributed by atoms with Crippen LogP contribution in [0.1, 0.15) is 29.3 Å². The Kier molecular flexibility index (Phi) is 6.28. The SMILES string of the molecule is COc1ccccc1-c1nnc(C2CCN(C(=O)COc3cccc(C)c3)CC2)s1. The topological polar surface area (TPSA) is 64.6 Å². The van der Waals surface area contributed by atoms with E-state index in [0.29, 0.717) is 19.0 Å². The van der Waals surface area contributed by atoms with Crippen molar-refractivity contribution in [1.29, 1.82) is 0 Å². The van der Waals surface area contributed by atoms with E-state index < -0.39 is 0 Å². The maximum Gasteiger partial charge on any atom is 0.260 e. The number of aromatic nitrogens is 2. The number of aryl methyl sites for hydroxylation is 1. The number of carbonyl (C=O) groups is 1. The van der Waals surface area contributed by atoms with E-state index in [0.717, 1.165) is 45.5 Å². The Morgan fingerprint density at radius 1 is 1.13 bits per heavy atom. The molecule has 1 fully saturated rings. The Labute approximate surface area is 180 Å². The fourth-order valence-corrected chi connectivity index (χ4v) is 4.69. The molecule has 1 aliphatic heterocycles. The summed E-state index contributed by atoms with van der Waals surface area (Å²) in [5.74, 6) is 1.89. The van der Waals surface area contributed by atoms with Gasteiger partial charge in [-0.2, -0.15) is 0 Å². The van der Waals surface area contributed by atoms with Crippen molar-refractivity contribution in [3.63, 3.8) is 0 Å². The lowest BCUT2D eigenvalue weighted by Gasteiger charge is -2.30. The zero-order valence-corrected chi connectivity index (χ0v) is 18.0. The van der Waals surface area contributed by atoms with Gasteiger partial charge in [0.25, 0.3) is 5.91 Å². The van der Waals surface area contributed by atoms with Crippen LogP contribution in [0.15, 0.2) is 48.5 Å². The van der Waals surface area contributed by atoms with Gasteiger partial charge in [-0.15, -0.1) is 10.2 Å². The van der Waals surface area contributed by atoms with Crippen LogP contribution in [0.4, 0.5) is 0 Å². The molecule has 6 nitrogen and oxygen atoms in total. The highest BCUT2D eigenvalue weighted by molar-refractivity contribution is 7.14. The van der Waals surface area contributed by atoms with Gasteiger partial charge in [0.05, 0.1) is 12.7 Å². The van der Waals surface area contributed by atoms with E-state index >= 15 is 0 Å². The molecular weight excluding hydrogens is 398 g/mol. The number of nitrogens with zero attached hydrogens (tertiary/aromatic N) is 3. The Balaban J connectivity index is 1.32. The van der Waals surface area contributed by atoms with Crippen LogP contribution in [0, 0.1) is 6.92 Å². The number of likely N-dealkylation sites (tertiary alicyclic amines) is 1. The van der Waals surface area contributed by atoms with E-state index in [2.05, 4.69) is 10.2 Å². The first-order valence-electron chi connectivity index (χ1n) is 10.1. The zero-order valence-electron chi connectivity index (χ0n) is 17.2. The predicted octanol–water partition coefficient (Wildman–Crippen LogP) is 4.31. The van der Waals surface area contributed by atoms with E-state index in [1.807, 2.05) is 60.4 Å². The summed E-state index contributed by atoms with van der Waals surface area (Å²) >= 11 is 1.61. The van der Waals surface area contributed by atoms with Crippen LogP contribution in [-0.4, -0.2) is 47.8 Å². The van der Waals surface area contributed by atoms with E-state index in [4.69, 9.17) is 9.47 Å². The number of carbonyl (C=O) groups excluding carboxylic acids is 1. The van der Waals surface area contributed by atoms with Crippen molar-refractivity contribution >= 4 is 17.2 Å². The van der Waals surface area contributed by atoms with Crippen molar-refractivity contribution < 1.29 is 14.3 Å². The largest absolute Gasteiger partial charge is 0.496 e. The lowest BCUT2D eigenvalue weighted by Crippen LogP contribution is -2.40. The number of hydrogen-bond acceptors (Lipinski definition) is 6. The molecule has 2 aromatic carbocycles. The molecule has 0 atom stereocenters. The molecule has 0 spiro atoms. The fourth-order valence-electron chi connectivity index (χ4n) is 3.65. The molecule has 1 aliphatic rings. The third kappa shape index (κ3) is 4.62. The number of para-hydroxylation sites is 1. The molecule has 0 aliphatic carbocycles. The van der Waals surface area contributed by atoms with Gasteiger partial charge in [0.1, 0.15) is 16.5 Å². The predicted molar refractivity (Wildman–Crippen MR) is 117 cm³/mol. The second-order valence-corrected chi connectivity index (χ2v) is 8.42. The molecule has 4 rings (SSSR count). The van der Waals surface area contributed by atoms with Gasteiger partial charge in [-0.3, -0.25) is 4.79 Å². The number of amides is 1. The van der Waals surface area contributed by atoms with Crippen LogP contribution in [0.25, 0.3) is 10.6 Å². The van der Waals surface area contributed by atoms with Crippen molar-refractivity contribution in [2.45, 2.75) is 25.7 Å². The van der Waals surface area contributed by atoms with Gasteiger partial charge in [-0.1, -0.05) is 35.6 Å². The van der Waals surface area contributed by atoms with Crippen molar-refractivity contribution in [3.05, 3.63) is 59.1 Å². The third-order valence-electron chi connectivity index (χ3n) is 5.33. The Hall–Kier alpha value is -2.93. The van der Waals surface area contributed by atoms with Crippen LogP contribution < -0.4 is 9.47 Å². The molecule has 7 heteroatoms. The Morgan fingerprint density at radius 2 is 1.93 bits per heavy atom. The first kappa shape index (κ1) is 20.3. The lowest BCUT2D eigenvalue weighted by atomic mass is 9.98. The first-order chi connectivity index (χ1) is 14.6. The van der Waals surface area contributed by atoms with Crippen molar-refractivity contribution in [2.24, 2.45) is 0 Å². The van der Waals surface area contributed by atoms with Crippen LogP contribution >= 0.6 is 11.3 Å². The minimum atomic E-state index is 0.0296. The normalized spacial score (nSPS) is 14.5. The van der Waals surface area contributed by atoms with Gasteiger partial charge < -0.3 is 14.4 Å². The average molecular weight is 424 g/mol. The smallest absolute Gasteiger partial charge is 0.260 e. The lowest BCUT2D eigenvalue weighted by molar-refractivity contribution is -0.134. The Morgan fingerprint density at radius 3 is 2.70 bits per heavy atom. The average Bonchev–Trinajstić information content (AvgIpc) is 3.28.